The van der Waals surface area contributed by atoms with Gasteiger partial charge in [0, 0.05) is 51.0 Å². The third-order valence-electron chi connectivity index (χ3n) is 7.93. The lowest BCUT2D eigenvalue weighted by Crippen LogP contribution is -2.33. The van der Waals surface area contributed by atoms with Crippen LogP contribution in [0, 0.1) is 5.92 Å². The van der Waals surface area contributed by atoms with E-state index < -0.39 is 41.6 Å². The molecule has 47 heavy (non-hydrogen) atoms. The molecule has 4 atom stereocenters. The van der Waals surface area contributed by atoms with E-state index in [4.69, 9.17) is 9.47 Å². The zero-order valence-corrected chi connectivity index (χ0v) is 27.3. The molecule has 258 valence electrons. The lowest BCUT2D eigenvalue weighted by molar-refractivity contribution is -0.153. The zero-order chi connectivity index (χ0) is 33.8. The van der Waals surface area contributed by atoms with Crippen molar-refractivity contribution in [3.8, 4) is 0 Å². The summed E-state index contributed by atoms with van der Waals surface area (Å²) in [6.07, 6.45) is 4.20. The molecule has 0 radical (unpaired) electrons. The average molecular weight is 655 g/mol. The Morgan fingerprint density at radius 1 is 1.09 bits per heavy atom. The maximum Gasteiger partial charge on any atom is 0.330 e. The van der Waals surface area contributed by atoms with Crippen LogP contribution in [0.2, 0.25) is 0 Å². The fraction of sp³-hybridized carbons (Fsp3) is 0.543. The lowest BCUT2D eigenvalue weighted by Gasteiger charge is -2.17. The predicted octanol–water partition coefficient (Wildman–Crippen LogP) is 3.79. The normalized spacial score (nSPS) is 18.0. The number of hydrogen-bond donors (Lipinski definition) is 3. The summed E-state index contributed by atoms with van der Waals surface area (Å²) < 4.78 is 12.7. The summed E-state index contributed by atoms with van der Waals surface area (Å²) in [4.78, 5) is 76.1. The van der Waals surface area contributed by atoms with Gasteiger partial charge in [-0.05, 0) is 42.4 Å². The van der Waals surface area contributed by atoms with Gasteiger partial charge in [-0.1, -0.05) is 59.4 Å². The molecular formula is C35H50N4O8. The number of aromatic nitrogens is 2. The van der Waals surface area contributed by atoms with Gasteiger partial charge in [-0.15, -0.1) is 0 Å². The second kappa shape index (κ2) is 18.7. The number of carbonyl (C=O) groups excluding carboxylic acids is 4. The van der Waals surface area contributed by atoms with Crippen LogP contribution in [-0.2, 0) is 35.1 Å². The number of amides is 2. The molecule has 2 amide bonds. The van der Waals surface area contributed by atoms with Gasteiger partial charge in [-0.25, -0.2) is 4.79 Å². The Morgan fingerprint density at radius 2 is 1.79 bits per heavy atom. The number of benzene rings is 1. The number of rotatable bonds is 16. The van der Waals surface area contributed by atoms with Crippen LogP contribution in [0.1, 0.15) is 102 Å². The first kappa shape index (κ1) is 38.9. The van der Waals surface area contributed by atoms with E-state index in [9.17, 15) is 28.8 Å². The first-order chi connectivity index (χ1) is 21.9. The van der Waals surface area contributed by atoms with Gasteiger partial charge in [0.05, 0.1) is 18.1 Å². The molecule has 1 fully saturated rings. The number of nitrogens with one attached hydrogen (secondary N) is 3. The van der Waals surface area contributed by atoms with Gasteiger partial charge in [0.15, 0.2) is 0 Å². The van der Waals surface area contributed by atoms with Crippen molar-refractivity contribution in [2.45, 2.75) is 104 Å². The number of ketones is 1. The van der Waals surface area contributed by atoms with Crippen molar-refractivity contribution in [3.63, 3.8) is 0 Å². The number of H-pyrrole nitrogens is 1. The minimum Gasteiger partial charge on any atom is -0.459 e. The van der Waals surface area contributed by atoms with Crippen molar-refractivity contribution in [2.24, 2.45) is 5.92 Å². The minimum atomic E-state index is -0.815. The van der Waals surface area contributed by atoms with Crippen LogP contribution < -0.4 is 21.9 Å². The number of nitrogens with zero attached hydrogens (tertiary/aromatic N) is 1. The number of carbonyl (C=O) groups is 4. The van der Waals surface area contributed by atoms with Crippen molar-refractivity contribution < 1.29 is 28.7 Å². The van der Waals surface area contributed by atoms with E-state index in [2.05, 4.69) is 41.6 Å². The van der Waals surface area contributed by atoms with Gasteiger partial charge in [0.1, 0.15) is 18.1 Å². The molecule has 0 saturated carbocycles. The van der Waals surface area contributed by atoms with Gasteiger partial charge in [-0.2, -0.15) is 0 Å². The Bertz CT molecular complexity index is 1510. The summed E-state index contributed by atoms with van der Waals surface area (Å²) in [5.74, 6) is -0.865. The summed E-state index contributed by atoms with van der Waals surface area (Å²) in [7, 11) is 1.48. The molecule has 12 heteroatoms. The number of Topliss-reactive ketones (excluding diaryl/α,β-unsaturated/α-hetero) is 1. The molecule has 0 spiro atoms. The average Bonchev–Trinajstić information content (AvgIpc) is 3.43. The largest absolute Gasteiger partial charge is 0.459 e. The van der Waals surface area contributed by atoms with E-state index in [1.807, 2.05) is 26.0 Å². The van der Waals surface area contributed by atoms with Gasteiger partial charge in [0.2, 0.25) is 11.8 Å². The van der Waals surface area contributed by atoms with E-state index in [-0.39, 0.29) is 56.4 Å². The first-order valence-corrected chi connectivity index (χ1v) is 15.9. The van der Waals surface area contributed by atoms with E-state index in [0.29, 0.717) is 25.2 Å². The summed E-state index contributed by atoms with van der Waals surface area (Å²) in [6, 6.07) is 8.14. The van der Waals surface area contributed by atoms with Crippen LogP contribution in [0.25, 0.3) is 6.08 Å². The van der Waals surface area contributed by atoms with Crippen molar-refractivity contribution in [2.75, 3.05) is 13.6 Å². The Labute approximate surface area is 276 Å². The molecule has 1 aromatic carbocycles. The smallest absolute Gasteiger partial charge is 0.330 e. The number of hydrogen-bond acceptors (Lipinski definition) is 8. The summed E-state index contributed by atoms with van der Waals surface area (Å²) in [6.45, 7) is 8.36. The van der Waals surface area contributed by atoms with Gasteiger partial charge < -0.3 is 20.1 Å². The number of esters is 1. The predicted molar refractivity (Wildman–Crippen MR) is 180 cm³/mol. The second-order valence-corrected chi connectivity index (χ2v) is 12.0. The highest BCUT2D eigenvalue weighted by molar-refractivity contribution is 5.91. The molecule has 2 aromatic rings. The van der Waals surface area contributed by atoms with Crippen LogP contribution in [0.5, 0.6) is 0 Å². The highest BCUT2D eigenvalue weighted by Crippen LogP contribution is 2.32. The van der Waals surface area contributed by atoms with Crippen molar-refractivity contribution in [3.05, 3.63) is 74.1 Å². The standard InChI is InChI=1S/C34H46N4O8.CH4/c1-6-27-28(46-32(42)16-15-29(40)35-5)19-31(45-27)38-20-25(33(43)37-34(38)44)13-14-30(41)36-17-7-8-26(39)22(4)24-11-9-23(10-12-24)18-21(2)3;/h9-14,20-22,27-28,31H,6-8,15-19H2,1-5H3,(H,35,40)(H,36,41)(H,37,43,44);1H4/b14-13+;/t22-,27+,28?,31+;/m0./s1. The van der Waals surface area contributed by atoms with E-state index in [1.165, 1.54) is 35.5 Å². The van der Waals surface area contributed by atoms with Gasteiger partial charge in [-0.3, -0.25) is 33.5 Å². The Hall–Kier alpha value is -4.32. The number of ether oxygens (including phenoxy) is 2. The third kappa shape index (κ3) is 11.8. The van der Waals surface area contributed by atoms with Crippen LogP contribution in [0.4, 0.5) is 0 Å². The maximum absolute atomic E-state index is 12.7. The lowest BCUT2D eigenvalue weighted by atomic mass is 9.92. The van der Waals surface area contributed by atoms with Gasteiger partial charge >= 0.3 is 11.7 Å². The molecule has 0 bridgehead atoms. The van der Waals surface area contributed by atoms with E-state index >= 15 is 0 Å². The van der Waals surface area contributed by atoms with Crippen molar-refractivity contribution in [1.82, 2.24) is 20.2 Å². The van der Waals surface area contributed by atoms with E-state index in [1.54, 1.807) is 0 Å². The summed E-state index contributed by atoms with van der Waals surface area (Å²) in [5.41, 5.74) is 0.891. The van der Waals surface area contributed by atoms with Crippen LogP contribution >= 0.6 is 0 Å². The van der Waals surface area contributed by atoms with Crippen molar-refractivity contribution in [1.29, 1.82) is 0 Å². The third-order valence-corrected chi connectivity index (χ3v) is 7.93. The van der Waals surface area contributed by atoms with Crippen molar-refractivity contribution >= 4 is 29.6 Å². The highest BCUT2D eigenvalue weighted by Gasteiger charge is 2.38. The molecule has 1 aromatic heterocycles. The highest BCUT2D eigenvalue weighted by atomic mass is 16.6. The Morgan fingerprint density at radius 3 is 2.43 bits per heavy atom. The first-order valence-electron chi connectivity index (χ1n) is 15.9. The Balaban J connectivity index is 0.00000768. The summed E-state index contributed by atoms with van der Waals surface area (Å²) in [5, 5.41) is 5.16. The topological polar surface area (TPSA) is 166 Å². The molecule has 1 unspecified atom stereocenters. The SMILES string of the molecule is C.CC[C@H]1O[C@@H](n2cc(/C=C/C(=O)NCCCC(=O)[C@@H](C)c3ccc(CC(C)C)cc3)c(=O)[nH]c2=O)CC1OC(=O)CCC(=O)NC. The van der Waals surface area contributed by atoms with E-state index in [0.717, 1.165) is 12.0 Å². The number of aromatic amines is 1. The quantitative estimate of drug-likeness (QED) is 0.140. The monoisotopic (exact) mass is 654 g/mol. The molecule has 1 aliphatic heterocycles. The molecular weight excluding hydrogens is 604 g/mol. The van der Waals surface area contributed by atoms with Crippen LogP contribution in [0.15, 0.2) is 46.1 Å². The molecule has 2 heterocycles. The summed E-state index contributed by atoms with van der Waals surface area (Å²) >= 11 is 0. The molecule has 3 N–H and O–H groups in total. The second-order valence-electron chi connectivity index (χ2n) is 12.0. The minimum absolute atomic E-state index is 0. The maximum atomic E-state index is 12.7. The van der Waals surface area contributed by atoms with Crippen LogP contribution in [-0.4, -0.2) is 58.9 Å². The fourth-order valence-electron chi connectivity index (χ4n) is 5.27. The molecule has 3 rings (SSSR count). The molecule has 12 nitrogen and oxygen atoms in total. The van der Waals surface area contributed by atoms with Gasteiger partial charge in [0.25, 0.3) is 5.56 Å². The fourth-order valence-corrected chi connectivity index (χ4v) is 5.27. The molecule has 1 saturated heterocycles. The Kier molecular flexibility index (Phi) is 15.5. The zero-order valence-electron chi connectivity index (χ0n) is 27.3. The van der Waals surface area contributed by atoms with Crippen LogP contribution in [0.3, 0.4) is 0 Å². The molecule has 0 aliphatic carbocycles. The molecule has 1 aliphatic rings.